The first-order valence-corrected chi connectivity index (χ1v) is 8.27. The summed E-state index contributed by atoms with van der Waals surface area (Å²) in [4.78, 5) is 11.3. The fourth-order valence-corrected chi connectivity index (χ4v) is 4.23. The van der Waals surface area contributed by atoms with E-state index in [-0.39, 0.29) is 41.6 Å². The van der Waals surface area contributed by atoms with Gasteiger partial charge in [-0.3, -0.25) is 4.79 Å². The van der Waals surface area contributed by atoms with Crippen LogP contribution in [0.5, 0.6) is 0 Å². The number of benzene rings is 1. The molecule has 1 aliphatic heterocycles. The van der Waals surface area contributed by atoms with Gasteiger partial charge in [0.1, 0.15) is 11.5 Å². The van der Waals surface area contributed by atoms with Crippen molar-refractivity contribution in [3.8, 4) is 0 Å². The van der Waals surface area contributed by atoms with Crippen molar-refractivity contribution in [1.82, 2.24) is 9.62 Å². The maximum atomic E-state index is 12.4. The summed E-state index contributed by atoms with van der Waals surface area (Å²) in [6, 6.07) is 4.01. The van der Waals surface area contributed by atoms with Crippen LogP contribution in [0.4, 0.5) is 0 Å². The number of ether oxygens (including phenoxy) is 1. The third-order valence-corrected chi connectivity index (χ3v) is 5.55. The Morgan fingerprint density at radius 1 is 1.43 bits per heavy atom. The molecule has 1 N–H and O–H groups in total. The second-order valence-electron chi connectivity index (χ2n) is 4.59. The van der Waals surface area contributed by atoms with Crippen molar-refractivity contribution in [1.29, 1.82) is 0 Å². The minimum atomic E-state index is -3.67. The lowest BCUT2D eigenvalue weighted by Gasteiger charge is -2.38. The highest BCUT2D eigenvalue weighted by Crippen LogP contribution is 2.29. The number of rotatable bonds is 5. The highest BCUT2D eigenvalue weighted by molar-refractivity contribution is 7.89. The molecule has 6 nitrogen and oxygen atoms in total. The molecule has 1 heterocycles. The van der Waals surface area contributed by atoms with E-state index in [0.29, 0.717) is 5.02 Å². The van der Waals surface area contributed by atoms with Gasteiger partial charge in [0, 0.05) is 25.2 Å². The van der Waals surface area contributed by atoms with E-state index in [1.54, 1.807) is 0 Å². The Hall–Kier alpha value is -0.860. The molecule has 0 bridgehead atoms. The fourth-order valence-electron chi connectivity index (χ4n) is 1.95. The van der Waals surface area contributed by atoms with Crippen LogP contribution in [0.15, 0.2) is 23.1 Å². The van der Waals surface area contributed by atoms with Crippen molar-refractivity contribution in [2.24, 2.45) is 0 Å². The van der Waals surface area contributed by atoms with Crippen molar-refractivity contribution in [2.45, 2.75) is 10.9 Å². The number of hydrogen-bond acceptors (Lipinski definition) is 4. The molecule has 1 saturated heterocycles. The summed E-state index contributed by atoms with van der Waals surface area (Å²) >= 11 is 11.7. The lowest BCUT2D eigenvalue weighted by molar-refractivity contribution is -0.126. The molecule has 0 atom stereocenters. The SMILES string of the molecule is COCC(=O)NC1CN(S(=O)(=O)c2ccc(Cl)cc2Cl)C1. The van der Waals surface area contributed by atoms with Crippen LogP contribution in [-0.2, 0) is 19.6 Å². The first-order valence-electron chi connectivity index (χ1n) is 6.08. The molecule has 0 saturated carbocycles. The number of carbonyl (C=O) groups excluding carboxylic acids is 1. The second-order valence-corrected chi connectivity index (χ2v) is 7.34. The molecular formula is C12H14Cl2N2O4S. The van der Waals surface area contributed by atoms with E-state index in [1.165, 1.54) is 29.6 Å². The molecule has 0 aliphatic carbocycles. The lowest BCUT2D eigenvalue weighted by atomic mass is 10.2. The number of amides is 1. The van der Waals surface area contributed by atoms with Gasteiger partial charge in [0.25, 0.3) is 0 Å². The van der Waals surface area contributed by atoms with Crippen molar-refractivity contribution < 1.29 is 17.9 Å². The summed E-state index contributed by atoms with van der Waals surface area (Å²) in [5, 5.41) is 3.12. The molecule has 0 radical (unpaired) electrons. The molecule has 0 spiro atoms. The fraction of sp³-hybridized carbons (Fsp3) is 0.417. The minimum Gasteiger partial charge on any atom is -0.375 e. The molecule has 9 heteroatoms. The van der Waals surface area contributed by atoms with Gasteiger partial charge in [-0.2, -0.15) is 4.31 Å². The van der Waals surface area contributed by atoms with Crippen LogP contribution in [0.3, 0.4) is 0 Å². The normalized spacial score (nSPS) is 16.5. The van der Waals surface area contributed by atoms with Crippen LogP contribution in [0.25, 0.3) is 0 Å². The zero-order valence-corrected chi connectivity index (χ0v) is 13.5. The van der Waals surface area contributed by atoms with Gasteiger partial charge >= 0.3 is 0 Å². The Morgan fingerprint density at radius 2 is 2.10 bits per heavy atom. The number of nitrogens with one attached hydrogen (secondary N) is 1. The molecule has 1 amide bonds. The van der Waals surface area contributed by atoms with Crippen LogP contribution in [0.1, 0.15) is 0 Å². The molecule has 1 aromatic rings. The molecule has 2 rings (SSSR count). The Bertz CT molecular complexity index is 645. The van der Waals surface area contributed by atoms with E-state index in [9.17, 15) is 13.2 Å². The van der Waals surface area contributed by atoms with Gasteiger partial charge in [-0.1, -0.05) is 23.2 Å². The topological polar surface area (TPSA) is 75.7 Å². The van der Waals surface area contributed by atoms with E-state index < -0.39 is 10.0 Å². The lowest BCUT2D eigenvalue weighted by Crippen LogP contribution is -2.61. The highest BCUT2D eigenvalue weighted by atomic mass is 35.5. The Kier molecular flexibility index (Phi) is 5.11. The molecule has 1 aromatic carbocycles. The smallest absolute Gasteiger partial charge is 0.246 e. The highest BCUT2D eigenvalue weighted by Gasteiger charge is 2.38. The molecular weight excluding hydrogens is 339 g/mol. The standard InChI is InChI=1S/C12H14Cl2N2O4S/c1-20-7-12(17)15-9-5-16(6-9)21(18,19)11-3-2-8(13)4-10(11)14/h2-4,9H,5-7H2,1H3,(H,15,17). The quantitative estimate of drug-likeness (QED) is 0.861. The van der Waals surface area contributed by atoms with Crippen molar-refractivity contribution in [2.75, 3.05) is 26.8 Å². The average Bonchev–Trinajstić information content (AvgIpc) is 2.32. The van der Waals surface area contributed by atoms with Gasteiger partial charge in [-0.15, -0.1) is 0 Å². The van der Waals surface area contributed by atoms with Crippen molar-refractivity contribution in [3.05, 3.63) is 28.2 Å². The predicted octanol–water partition coefficient (Wildman–Crippen LogP) is 1.13. The largest absolute Gasteiger partial charge is 0.375 e. The summed E-state index contributed by atoms with van der Waals surface area (Å²) in [5.41, 5.74) is 0. The molecule has 1 fully saturated rings. The van der Waals surface area contributed by atoms with Crippen LogP contribution in [0, 0.1) is 0 Å². The van der Waals surface area contributed by atoms with E-state index in [2.05, 4.69) is 10.1 Å². The summed E-state index contributed by atoms with van der Waals surface area (Å²) in [7, 11) is -2.25. The van der Waals surface area contributed by atoms with Gasteiger partial charge in [0.15, 0.2) is 0 Å². The molecule has 0 unspecified atom stereocenters. The first-order chi connectivity index (χ1) is 9.84. The minimum absolute atomic E-state index is 0.00948. The summed E-state index contributed by atoms with van der Waals surface area (Å²) in [6.07, 6.45) is 0. The van der Waals surface area contributed by atoms with Gasteiger partial charge < -0.3 is 10.1 Å². The molecule has 1 aliphatic rings. The predicted molar refractivity (Wildman–Crippen MR) is 79.0 cm³/mol. The van der Waals surface area contributed by atoms with Crippen LogP contribution >= 0.6 is 23.2 Å². The average molecular weight is 353 g/mol. The monoisotopic (exact) mass is 352 g/mol. The number of methoxy groups -OCH3 is 1. The number of nitrogens with zero attached hydrogens (tertiary/aromatic N) is 1. The van der Waals surface area contributed by atoms with Gasteiger partial charge in [0.2, 0.25) is 15.9 Å². The summed E-state index contributed by atoms with van der Waals surface area (Å²) < 4.78 is 30.7. The second kappa shape index (κ2) is 6.50. The number of carbonyl (C=O) groups is 1. The van der Waals surface area contributed by atoms with Crippen molar-refractivity contribution >= 4 is 39.1 Å². The first kappa shape index (κ1) is 16.5. The molecule has 21 heavy (non-hydrogen) atoms. The number of sulfonamides is 1. The maximum absolute atomic E-state index is 12.4. The summed E-state index contributed by atoms with van der Waals surface area (Å²) in [6.45, 7) is 0.361. The third-order valence-electron chi connectivity index (χ3n) is 3.00. The van der Waals surface area contributed by atoms with Gasteiger partial charge in [0.05, 0.1) is 11.1 Å². The Morgan fingerprint density at radius 3 is 2.67 bits per heavy atom. The van der Waals surface area contributed by atoms with Crippen LogP contribution in [-0.4, -0.2) is 51.5 Å². The van der Waals surface area contributed by atoms with E-state index >= 15 is 0 Å². The number of hydrogen-bond donors (Lipinski definition) is 1. The van der Waals surface area contributed by atoms with Crippen LogP contribution in [0.2, 0.25) is 10.0 Å². The van der Waals surface area contributed by atoms with Gasteiger partial charge in [-0.25, -0.2) is 8.42 Å². The number of halogens is 2. The zero-order chi connectivity index (χ0) is 15.6. The Labute approximate surface area is 133 Å². The zero-order valence-electron chi connectivity index (χ0n) is 11.2. The van der Waals surface area contributed by atoms with E-state index in [1.807, 2.05) is 0 Å². The Balaban J connectivity index is 2.02. The van der Waals surface area contributed by atoms with Crippen LogP contribution < -0.4 is 5.32 Å². The summed E-state index contributed by atoms with van der Waals surface area (Å²) in [5.74, 6) is -0.274. The van der Waals surface area contributed by atoms with E-state index in [0.717, 1.165) is 0 Å². The molecule has 116 valence electrons. The third kappa shape index (κ3) is 3.67. The molecule has 0 aromatic heterocycles. The van der Waals surface area contributed by atoms with E-state index in [4.69, 9.17) is 23.2 Å². The van der Waals surface area contributed by atoms with Crippen molar-refractivity contribution in [3.63, 3.8) is 0 Å². The van der Waals surface area contributed by atoms with Gasteiger partial charge in [-0.05, 0) is 18.2 Å². The maximum Gasteiger partial charge on any atom is 0.246 e.